The van der Waals surface area contributed by atoms with Crippen molar-refractivity contribution < 1.29 is 0 Å². The molecule has 0 aliphatic carbocycles. The lowest BCUT2D eigenvalue weighted by atomic mass is 10.4. The van der Waals surface area contributed by atoms with Gasteiger partial charge in [0.15, 0.2) is 0 Å². The van der Waals surface area contributed by atoms with E-state index in [-0.39, 0.29) is 0 Å². The van der Waals surface area contributed by atoms with Crippen LogP contribution in [0.1, 0.15) is 0 Å². The largest absolute Gasteiger partial charge is 0.363 e. The van der Waals surface area contributed by atoms with E-state index >= 15 is 0 Å². The van der Waals surface area contributed by atoms with Crippen molar-refractivity contribution in [3.63, 3.8) is 0 Å². The van der Waals surface area contributed by atoms with Gasteiger partial charge in [0.25, 0.3) is 0 Å². The van der Waals surface area contributed by atoms with E-state index in [1.54, 1.807) is 0 Å². The predicted octanol–water partition coefficient (Wildman–Crippen LogP) is 2.67. The first-order valence-electron chi connectivity index (χ1n) is 3.10. The minimum atomic E-state index is 0.843. The summed E-state index contributed by atoms with van der Waals surface area (Å²) in [6.45, 7) is 0. The summed E-state index contributed by atoms with van der Waals surface area (Å²) >= 11 is 6.70. The van der Waals surface area contributed by atoms with Gasteiger partial charge in [-0.15, -0.1) is 0 Å². The molecule has 2 nitrogen and oxygen atoms in total. The molecule has 0 fully saturated rings. The molecule has 4 heteroatoms. The molecule has 1 aromatic rings. The summed E-state index contributed by atoms with van der Waals surface area (Å²) in [5, 5.41) is 0. The average Bonchev–Trinajstić information content (AvgIpc) is 1.85. The van der Waals surface area contributed by atoms with Crippen molar-refractivity contribution in [3.8, 4) is 0 Å². The summed E-state index contributed by atoms with van der Waals surface area (Å²) < 4.78 is 1.87. The van der Waals surface area contributed by atoms with E-state index < -0.39 is 0 Å². The van der Waals surface area contributed by atoms with E-state index in [9.17, 15) is 0 Å². The van der Waals surface area contributed by atoms with Crippen molar-refractivity contribution in [2.24, 2.45) is 0 Å². The number of halogens is 2. The Balaban J connectivity index is 3.08. The molecular weight excluding hydrogens is 272 g/mol. The quantitative estimate of drug-likeness (QED) is 0.735. The summed E-state index contributed by atoms with van der Waals surface area (Å²) in [5.41, 5.74) is 0. The van der Waals surface area contributed by atoms with Crippen LogP contribution in [0.3, 0.4) is 0 Å². The van der Waals surface area contributed by atoms with Crippen LogP contribution in [0.5, 0.6) is 0 Å². The highest BCUT2D eigenvalue weighted by atomic mass is 79.9. The Kier molecular flexibility index (Phi) is 2.90. The van der Waals surface area contributed by atoms with Crippen LogP contribution in [0.2, 0.25) is 0 Å². The fraction of sp³-hybridized carbons (Fsp3) is 0.286. The minimum absolute atomic E-state index is 0.843. The third kappa shape index (κ3) is 2.45. The van der Waals surface area contributed by atoms with Gasteiger partial charge in [-0.25, -0.2) is 4.98 Å². The number of nitrogens with zero attached hydrogens (tertiary/aromatic N) is 2. The van der Waals surface area contributed by atoms with Crippen LogP contribution in [0.4, 0.5) is 5.82 Å². The molecule has 0 saturated carbocycles. The summed E-state index contributed by atoms with van der Waals surface area (Å²) in [6, 6.07) is 3.87. The minimum Gasteiger partial charge on any atom is -0.363 e. The molecule has 0 aliphatic heterocycles. The summed E-state index contributed by atoms with van der Waals surface area (Å²) in [5.74, 6) is 0.936. The smallest absolute Gasteiger partial charge is 0.130 e. The highest BCUT2D eigenvalue weighted by molar-refractivity contribution is 9.11. The maximum absolute atomic E-state index is 4.25. The van der Waals surface area contributed by atoms with Crippen LogP contribution >= 0.6 is 31.9 Å². The number of pyridine rings is 1. The maximum atomic E-state index is 4.25. The van der Waals surface area contributed by atoms with Crippen LogP contribution in [-0.2, 0) is 0 Å². The Morgan fingerprint density at radius 3 is 2.36 bits per heavy atom. The molecule has 0 saturated heterocycles. The second-order valence-electron chi connectivity index (χ2n) is 2.36. The van der Waals surface area contributed by atoms with Crippen LogP contribution in [-0.4, -0.2) is 19.1 Å². The molecule has 0 unspecified atom stereocenters. The van der Waals surface area contributed by atoms with Gasteiger partial charge in [-0.05, 0) is 28.1 Å². The summed E-state index contributed by atoms with van der Waals surface area (Å²) in [6.07, 6.45) is 0. The zero-order valence-electron chi connectivity index (χ0n) is 6.31. The zero-order chi connectivity index (χ0) is 8.43. The third-order valence-corrected chi connectivity index (χ3v) is 2.07. The van der Waals surface area contributed by atoms with Crippen LogP contribution in [0.25, 0.3) is 0 Å². The molecule has 1 heterocycles. The lowest BCUT2D eigenvalue weighted by molar-refractivity contribution is 1.05. The van der Waals surface area contributed by atoms with Crippen molar-refractivity contribution in [1.29, 1.82) is 0 Å². The third-order valence-electron chi connectivity index (χ3n) is 1.20. The fourth-order valence-electron chi connectivity index (χ4n) is 0.682. The monoisotopic (exact) mass is 278 g/mol. The molecule has 11 heavy (non-hydrogen) atoms. The maximum Gasteiger partial charge on any atom is 0.130 e. The van der Waals surface area contributed by atoms with Gasteiger partial charge in [0.05, 0.1) is 0 Å². The molecule has 60 valence electrons. The van der Waals surface area contributed by atoms with Crippen LogP contribution in [0.15, 0.2) is 21.2 Å². The van der Waals surface area contributed by atoms with Gasteiger partial charge in [0, 0.05) is 18.6 Å². The Labute approximate surface area is 82.9 Å². The Morgan fingerprint density at radius 2 is 1.91 bits per heavy atom. The molecule has 0 bridgehead atoms. The van der Waals surface area contributed by atoms with Crippen molar-refractivity contribution in [2.75, 3.05) is 19.0 Å². The molecule has 0 aliphatic rings. The predicted molar refractivity (Wildman–Crippen MR) is 54.0 cm³/mol. The molecule has 1 rings (SSSR count). The molecule has 0 aromatic carbocycles. The van der Waals surface area contributed by atoms with Gasteiger partial charge < -0.3 is 4.90 Å². The number of hydrogen-bond donors (Lipinski definition) is 0. The summed E-state index contributed by atoms with van der Waals surface area (Å²) in [4.78, 5) is 6.20. The van der Waals surface area contributed by atoms with Crippen molar-refractivity contribution in [3.05, 3.63) is 21.2 Å². The molecule has 0 amide bonds. The number of anilines is 1. The summed E-state index contributed by atoms with van der Waals surface area (Å²) in [7, 11) is 3.92. The Hall–Kier alpha value is -0.0900. The Morgan fingerprint density at radius 1 is 1.27 bits per heavy atom. The van der Waals surface area contributed by atoms with E-state index in [1.165, 1.54) is 0 Å². The second-order valence-corrected chi connectivity index (χ2v) is 4.09. The molecular formula is C7H8Br2N2. The average molecular weight is 280 g/mol. The van der Waals surface area contributed by atoms with Gasteiger partial charge >= 0.3 is 0 Å². The highest BCUT2D eigenvalue weighted by Gasteiger charge is 1.99. The number of rotatable bonds is 1. The molecule has 0 spiro atoms. The lowest BCUT2D eigenvalue weighted by Crippen LogP contribution is -2.10. The van der Waals surface area contributed by atoms with Gasteiger partial charge in [-0.3, -0.25) is 0 Å². The topological polar surface area (TPSA) is 16.1 Å². The van der Waals surface area contributed by atoms with Crippen LogP contribution in [0, 0.1) is 0 Å². The molecule has 0 atom stereocenters. The lowest BCUT2D eigenvalue weighted by Gasteiger charge is -2.11. The van der Waals surface area contributed by atoms with Crippen molar-refractivity contribution in [1.82, 2.24) is 4.98 Å². The van der Waals surface area contributed by atoms with Crippen LogP contribution < -0.4 is 4.90 Å². The van der Waals surface area contributed by atoms with Gasteiger partial charge in [-0.1, -0.05) is 15.9 Å². The first kappa shape index (κ1) is 9.00. The van der Waals surface area contributed by atoms with E-state index in [4.69, 9.17) is 0 Å². The fourth-order valence-corrected chi connectivity index (χ4v) is 1.84. The highest BCUT2D eigenvalue weighted by Crippen LogP contribution is 2.20. The van der Waals surface area contributed by atoms with E-state index in [0.717, 1.165) is 14.9 Å². The van der Waals surface area contributed by atoms with Gasteiger partial charge in [0.1, 0.15) is 10.4 Å². The van der Waals surface area contributed by atoms with E-state index in [2.05, 4.69) is 36.8 Å². The van der Waals surface area contributed by atoms with Gasteiger partial charge in [0.2, 0.25) is 0 Å². The zero-order valence-corrected chi connectivity index (χ0v) is 9.48. The number of aromatic nitrogens is 1. The Bertz CT molecular complexity index is 240. The molecule has 0 N–H and O–H groups in total. The molecule has 0 radical (unpaired) electrons. The first-order chi connectivity index (χ1) is 5.09. The second kappa shape index (κ2) is 3.54. The van der Waals surface area contributed by atoms with E-state index in [1.807, 2.05) is 31.1 Å². The molecule has 1 aromatic heterocycles. The normalized spacial score (nSPS) is 9.82. The van der Waals surface area contributed by atoms with E-state index in [0.29, 0.717) is 0 Å². The van der Waals surface area contributed by atoms with Crippen molar-refractivity contribution >= 4 is 37.7 Å². The SMILES string of the molecule is CN(C)c1cc(Br)cc(Br)n1. The first-order valence-corrected chi connectivity index (χ1v) is 4.68. The number of hydrogen-bond acceptors (Lipinski definition) is 2. The standard InChI is InChI=1S/C7H8Br2N2/c1-11(2)7-4-5(8)3-6(9)10-7/h3-4H,1-2H3. The van der Waals surface area contributed by atoms with Crippen molar-refractivity contribution in [2.45, 2.75) is 0 Å². The van der Waals surface area contributed by atoms with Gasteiger partial charge in [-0.2, -0.15) is 0 Å².